The molecule has 1 aliphatic heterocycles. The molecule has 8 nitrogen and oxygen atoms in total. The molecule has 1 aliphatic rings. The zero-order valence-corrected chi connectivity index (χ0v) is 14.6. The van der Waals surface area contributed by atoms with E-state index in [1.165, 1.54) is 0 Å². The van der Waals surface area contributed by atoms with Crippen molar-refractivity contribution in [1.82, 2.24) is 15.1 Å². The van der Waals surface area contributed by atoms with E-state index in [0.29, 0.717) is 48.5 Å². The number of fused-ring (bicyclic) bond motifs is 1. The first-order valence-corrected chi connectivity index (χ1v) is 8.70. The number of nitrogens with zero attached hydrogens (tertiary/aromatic N) is 3. The summed E-state index contributed by atoms with van der Waals surface area (Å²) in [5, 5.41) is 6.78. The van der Waals surface area contributed by atoms with E-state index in [-0.39, 0.29) is 12.3 Å². The lowest BCUT2D eigenvalue weighted by Gasteiger charge is -2.10. The standard InChI is InChI=1S/C19H18N4O4/c24-17(21-14-2-3-15-16(12-14)26-11-1-10-25-15)4-5-18-22-19(23-27-18)13-6-8-20-9-7-13/h2-3,6-9,12H,1,4-5,10-11H2,(H,21,24). The van der Waals surface area contributed by atoms with Gasteiger partial charge in [-0.2, -0.15) is 4.98 Å². The fraction of sp³-hybridized carbons (Fsp3) is 0.263. The Hall–Kier alpha value is -3.42. The van der Waals surface area contributed by atoms with Gasteiger partial charge in [0.25, 0.3) is 0 Å². The number of benzene rings is 1. The van der Waals surface area contributed by atoms with E-state index >= 15 is 0 Å². The van der Waals surface area contributed by atoms with Crippen LogP contribution in [-0.2, 0) is 11.2 Å². The maximum atomic E-state index is 12.2. The molecule has 0 radical (unpaired) electrons. The lowest BCUT2D eigenvalue weighted by atomic mass is 10.2. The molecule has 138 valence electrons. The predicted molar refractivity (Wildman–Crippen MR) is 96.5 cm³/mol. The number of hydrogen-bond acceptors (Lipinski definition) is 7. The van der Waals surface area contributed by atoms with Crippen molar-refractivity contribution >= 4 is 11.6 Å². The van der Waals surface area contributed by atoms with Crippen molar-refractivity contribution in [2.75, 3.05) is 18.5 Å². The van der Waals surface area contributed by atoms with E-state index in [9.17, 15) is 4.79 Å². The highest BCUT2D eigenvalue weighted by Gasteiger charge is 2.13. The first-order chi connectivity index (χ1) is 13.3. The van der Waals surface area contributed by atoms with Gasteiger partial charge in [-0.1, -0.05) is 5.16 Å². The molecule has 0 saturated carbocycles. The fourth-order valence-corrected chi connectivity index (χ4v) is 2.66. The van der Waals surface area contributed by atoms with Crippen LogP contribution in [0.2, 0.25) is 0 Å². The number of carbonyl (C=O) groups excluding carboxylic acids is 1. The summed E-state index contributed by atoms with van der Waals surface area (Å²) in [6.07, 6.45) is 4.74. The van der Waals surface area contributed by atoms with E-state index in [0.717, 1.165) is 12.0 Å². The molecule has 0 saturated heterocycles. The Balaban J connectivity index is 1.34. The molecule has 0 unspecified atom stereocenters. The first kappa shape index (κ1) is 17.0. The smallest absolute Gasteiger partial charge is 0.227 e. The lowest BCUT2D eigenvalue weighted by Crippen LogP contribution is -2.12. The number of rotatable bonds is 5. The van der Waals surface area contributed by atoms with Gasteiger partial charge < -0.3 is 19.3 Å². The number of aryl methyl sites for hydroxylation is 1. The normalized spacial score (nSPS) is 13.0. The summed E-state index contributed by atoms with van der Waals surface area (Å²) in [6, 6.07) is 8.96. The van der Waals surface area contributed by atoms with E-state index in [1.807, 2.05) is 0 Å². The van der Waals surface area contributed by atoms with Gasteiger partial charge in [-0.15, -0.1) is 0 Å². The maximum absolute atomic E-state index is 12.2. The minimum atomic E-state index is -0.145. The van der Waals surface area contributed by atoms with Gasteiger partial charge in [0, 0.05) is 49.0 Å². The Morgan fingerprint density at radius 1 is 1.07 bits per heavy atom. The second kappa shape index (κ2) is 7.86. The van der Waals surface area contributed by atoms with Crippen molar-refractivity contribution in [3.63, 3.8) is 0 Å². The Kier molecular flexibility index (Phi) is 4.95. The molecule has 4 rings (SSSR count). The van der Waals surface area contributed by atoms with Crippen LogP contribution in [0.15, 0.2) is 47.2 Å². The molecule has 0 bridgehead atoms. The third-order valence-corrected chi connectivity index (χ3v) is 4.00. The molecule has 27 heavy (non-hydrogen) atoms. The van der Waals surface area contributed by atoms with Crippen LogP contribution in [0.4, 0.5) is 5.69 Å². The maximum Gasteiger partial charge on any atom is 0.227 e. The van der Waals surface area contributed by atoms with E-state index in [1.54, 1.807) is 42.7 Å². The summed E-state index contributed by atoms with van der Waals surface area (Å²) >= 11 is 0. The highest BCUT2D eigenvalue weighted by Crippen LogP contribution is 2.32. The van der Waals surface area contributed by atoms with Crippen molar-refractivity contribution < 1.29 is 18.8 Å². The SMILES string of the molecule is O=C(CCc1nc(-c2ccncc2)no1)Nc1ccc2c(c1)OCCCO2. The Morgan fingerprint density at radius 3 is 2.74 bits per heavy atom. The van der Waals surface area contributed by atoms with Crippen LogP contribution >= 0.6 is 0 Å². The highest BCUT2D eigenvalue weighted by atomic mass is 16.5. The molecular formula is C19H18N4O4. The Bertz CT molecular complexity index is 926. The van der Waals surface area contributed by atoms with Crippen molar-refractivity contribution in [3.8, 4) is 22.9 Å². The largest absolute Gasteiger partial charge is 0.490 e. The van der Waals surface area contributed by atoms with Crippen molar-refractivity contribution in [2.45, 2.75) is 19.3 Å². The molecule has 1 amide bonds. The van der Waals surface area contributed by atoms with Crippen molar-refractivity contribution in [1.29, 1.82) is 0 Å². The fourth-order valence-electron chi connectivity index (χ4n) is 2.66. The number of amides is 1. The van der Waals surface area contributed by atoms with Crippen LogP contribution in [0, 0.1) is 0 Å². The number of carbonyl (C=O) groups is 1. The number of anilines is 1. The highest BCUT2D eigenvalue weighted by molar-refractivity contribution is 5.91. The summed E-state index contributed by atoms with van der Waals surface area (Å²) in [7, 11) is 0. The molecule has 0 spiro atoms. The van der Waals surface area contributed by atoms with E-state index < -0.39 is 0 Å². The average molecular weight is 366 g/mol. The molecular weight excluding hydrogens is 348 g/mol. The number of hydrogen-bond donors (Lipinski definition) is 1. The topological polar surface area (TPSA) is 99.4 Å². The first-order valence-electron chi connectivity index (χ1n) is 8.70. The third-order valence-electron chi connectivity index (χ3n) is 4.00. The van der Waals surface area contributed by atoms with E-state index in [4.69, 9.17) is 14.0 Å². The lowest BCUT2D eigenvalue weighted by molar-refractivity contribution is -0.116. The van der Waals surface area contributed by atoms with Gasteiger partial charge in [0.05, 0.1) is 13.2 Å². The van der Waals surface area contributed by atoms with Gasteiger partial charge >= 0.3 is 0 Å². The summed E-state index contributed by atoms with van der Waals surface area (Å²) in [6.45, 7) is 1.23. The van der Waals surface area contributed by atoms with Gasteiger partial charge in [0.2, 0.25) is 17.6 Å². The van der Waals surface area contributed by atoms with Gasteiger partial charge in [0.15, 0.2) is 11.5 Å². The quantitative estimate of drug-likeness (QED) is 0.741. The average Bonchev–Trinajstić information content (AvgIpc) is 3.05. The molecule has 3 heterocycles. The van der Waals surface area contributed by atoms with Gasteiger partial charge in [-0.05, 0) is 24.3 Å². The molecule has 8 heteroatoms. The summed E-state index contributed by atoms with van der Waals surface area (Å²) in [4.78, 5) is 20.5. The minimum absolute atomic E-state index is 0.145. The third kappa shape index (κ3) is 4.22. The van der Waals surface area contributed by atoms with Crippen LogP contribution in [-0.4, -0.2) is 34.2 Å². The van der Waals surface area contributed by atoms with Crippen LogP contribution in [0.25, 0.3) is 11.4 Å². The van der Waals surface area contributed by atoms with Gasteiger partial charge in [-0.25, -0.2) is 0 Å². The molecule has 1 aromatic carbocycles. The van der Waals surface area contributed by atoms with Crippen molar-refractivity contribution in [3.05, 3.63) is 48.6 Å². The Labute approximate surface area is 155 Å². The van der Waals surface area contributed by atoms with Crippen LogP contribution in [0.5, 0.6) is 11.5 Å². The predicted octanol–water partition coefficient (Wildman–Crippen LogP) is 2.86. The number of nitrogens with one attached hydrogen (secondary N) is 1. The second-order valence-corrected chi connectivity index (χ2v) is 6.01. The summed E-state index contributed by atoms with van der Waals surface area (Å²) < 4.78 is 16.4. The minimum Gasteiger partial charge on any atom is -0.490 e. The second-order valence-electron chi connectivity index (χ2n) is 6.01. The monoisotopic (exact) mass is 366 g/mol. The van der Waals surface area contributed by atoms with Gasteiger partial charge in [0.1, 0.15) is 0 Å². The molecule has 2 aromatic heterocycles. The van der Waals surface area contributed by atoms with Gasteiger partial charge in [-0.3, -0.25) is 9.78 Å². The number of pyridine rings is 1. The summed E-state index contributed by atoms with van der Waals surface area (Å²) in [5.41, 5.74) is 1.48. The molecule has 0 fully saturated rings. The van der Waals surface area contributed by atoms with Crippen LogP contribution in [0.3, 0.4) is 0 Å². The molecule has 3 aromatic rings. The number of ether oxygens (including phenoxy) is 2. The van der Waals surface area contributed by atoms with Crippen LogP contribution in [0.1, 0.15) is 18.7 Å². The van der Waals surface area contributed by atoms with E-state index in [2.05, 4.69) is 20.4 Å². The number of aromatic nitrogens is 3. The van der Waals surface area contributed by atoms with Crippen LogP contribution < -0.4 is 14.8 Å². The molecule has 0 aliphatic carbocycles. The van der Waals surface area contributed by atoms with Crippen molar-refractivity contribution in [2.24, 2.45) is 0 Å². The zero-order chi connectivity index (χ0) is 18.5. The molecule has 0 atom stereocenters. The Morgan fingerprint density at radius 2 is 1.89 bits per heavy atom. The zero-order valence-electron chi connectivity index (χ0n) is 14.6. The summed E-state index contributed by atoms with van der Waals surface area (Å²) in [5.74, 6) is 2.09. The molecule has 1 N–H and O–H groups in total.